The third-order valence-electron chi connectivity index (χ3n) is 3.48. The van der Waals surface area contributed by atoms with Gasteiger partial charge in [-0.3, -0.25) is 4.90 Å². The monoisotopic (exact) mass is 351 g/mol. The van der Waals surface area contributed by atoms with Gasteiger partial charge in [0.05, 0.1) is 18.3 Å². The van der Waals surface area contributed by atoms with Crippen LogP contribution >= 0.6 is 11.3 Å². The summed E-state index contributed by atoms with van der Waals surface area (Å²) < 4.78 is 18.8. The lowest BCUT2D eigenvalue weighted by atomic mass is 10.1. The first-order chi connectivity index (χ1) is 11.3. The molecule has 24 heavy (non-hydrogen) atoms. The van der Waals surface area contributed by atoms with Crippen LogP contribution in [0.2, 0.25) is 0 Å². The minimum absolute atomic E-state index is 0.234. The highest BCUT2D eigenvalue weighted by Gasteiger charge is 2.17. The number of rotatable bonds is 8. The van der Waals surface area contributed by atoms with Crippen LogP contribution in [0.4, 0.5) is 4.39 Å². The van der Waals surface area contributed by atoms with E-state index in [2.05, 4.69) is 16.3 Å². The van der Waals surface area contributed by atoms with Crippen molar-refractivity contribution in [2.45, 2.75) is 45.6 Å². The van der Waals surface area contributed by atoms with Crippen LogP contribution in [0, 0.1) is 5.82 Å². The fourth-order valence-electron chi connectivity index (χ4n) is 2.37. The zero-order chi connectivity index (χ0) is 17.6. The fourth-order valence-corrected chi connectivity index (χ4v) is 3.03. The van der Waals surface area contributed by atoms with Crippen LogP contribution in [-0.4, -0.2) is 34.9 Å². The Morgan fingerprint density at radius 2 is 1.79 bits per heavy atom. The maximum absolute atomic E-state index is 13.1. The second-order valence-electron chi connectivity index (χ2n) is 7.00. The molecule has 3 nitrogen and oxygen atoms in total. The van der Waals surface area contributed by atoms with Crippen molar-refractivity contribution in [3.8, 4) is 0 Å². The molecular formula is C19H26FNO2S. The number of aliphatic hydroxyl groups is 1. The van der Waals surface area contributed by atoms with Crippen LogP contribution in [-0.2, 0) is 17.8 Å². The lowest BCUT2D eigenvalue weighted by Gasteiger charge is -2.27. The maximum Gasteiger partial charge on any atom is 0.123 e. The molecule has 0 fully saturated rings. The molecule has 0 aliphatic carbocycles. The predicted octanol–water partition coefficient (Wildman–Crippen LogP) is 4.07. The van der Waals surface area contributed by atoms with E-state index in [0.717, 1.165) is 12.1 Å². The van der Waals surface area contributed by atoms with Gasteiger partial charge in [-0.05, 0) is 60.9 Å². The summed E-state index contributed by atoms with van der Waals surface area (Å²) in [6.07, 6.45) is -0.566. The van der Waals surface area contributed by atoms with E-state index in [1.54, 1.807) is 23.5 Å². The Labute approximate surface area is 147 Å². The number of benzene rings is 1. The van der Waals surface area contributed by atoms with Crippen molar-refractivity contribution in [1.82, 2.24) is 4.90 Å². The summed E-state index contributed by atoms with van der Waals surface area (Å²) in [5, 5.41) is 14.5. The molecule has 1 aromatic carbocycles. The highest BCUT2D eigenvalue weighted by Crippen LogP contribution is 2.15. The quantitative estimate of drug-likeness (QED) is 0.778. The van der Waals surface area contributed by atoms with Gasteiger partial charge in [0.15, 0.2) is 0 Å². The van der Waals surface area contributed by atoms with Gasteiger partial charge in [0.1, 0.15) is 5.82 Å². The molecular weight excluding hydrogens is 325 g/mol. The molecule has 0 aliphatic rings. The van der Waals surface area contributed by atoms with E-state index in [-0.39, 0.29) is 11.4 Å². The van der Waals surface area contributed by atoms with Gasteiger partial charge in [-0.1, -0.05) is 12.1 Å². The maximum atomic E-state index is 13.1. The number of nitrogens with zero attached hydrogens (tertiary/aromatic N) is 1. The summed E-state index contributed by atoms with van der Waals surface area (Å²) in [4.78, 5) is 2.16. The lowest BCUT2D eigenvalue weighted by Crippen LogP contribution is -2.36. The van der Waals surface area contributed by atoms with Gasteiger partial charge in [-0.2, -0.15) is 11.3 Å². The average molecular weight is 351 g/mol. The highest BCUT2D eigenvalue weighted by atomic mass is 32.1. The summed E-state index contributed by atoms with van der Waals surface area (Å²) in [6, 6.07) is 8.59. The van der Waals surface area contributed by atoms with Crippen molar-refractivity contribution in [3.63, 3.8) is 0 Å². The first kappa shape index (κ1) is 19.1. The zero-order valence-corrected chi connectivity index (χ0v) is 15.4. The Morgan fingerprint density at radius 3 is 2.38 bits per heavy atom. The molecule has 132 valence electrons. The molecule has 1 heterocycles. The number of ether oxygens (including phenoxy) is 1. The van der Waals surface area contributed by atoms with E-state index in [1.807, 2.05) is 26.2 Å². The van der Waals surface area contributed by atoms with Gasteiger partial charge in [-0.15, -0.1) is 0 Å². The average Bonchev–Trinajstić information content (AvgIpc) is 3.00. The Balaban J connectivity index is 1.98. The molecule has 0 spiro atoms. The molecule has 0 saturated heterocycles. The van der Waals surface area contributed by atoms with E-state index in [4.69, 9.17) is 4.74 Å². The molecule has 0 unspecified atom stereocenters. The van der Waals surface area contributed by atoms with Crippen molar-refractivity contribution < 1.29 is 14.2 Å². The smallest absolute Gasteiger partial charge is 0.123 e. The van der Waals surface area contributed by atoms with E-state index >= 15 is 0 Å². The van der Waals surface area contributed by atoms with Crippen LogP contribution in [0.3, 0.4) is 0 Å². The number of aliphatic hydroxyl groups excluding tert-OH is 1. The SMILES string of the molecule is CC(C)(C)OC[C@H](O)CN(Cc1ccc(F)cc1)Cc1ccsc1. The molecule has 0 aliphatic heterocycles. The topological polar surface area (TPSA) is 32.7 Å². The summed E-state index contributed by atoms with van der Waals surface area (Å²) in [5.41, 5.74) is 1.97. The zero-order valence-electron chi connectivity index (χ0n) is 14.5. The molecule has 0 radical (unpaired) electrons. The van der Waals surface area contributed by atoms with Crippen molar-refractivity contribution >= 4 is 11.3 Å². The third-order valence-corrected chi connectivity index (χ3v) is 4.22. The number of halogens is 1. The van der Waals surface area contributed by atoms with E-state index in [9.17, 15) is 9.50 Å². The molecule has 0 amide bonds. The molecule has 5 heteroatoms. The van der Waals surface area contributed by atoms with E-state index in [1.165, 1.54) is 17.7 Å². The summed E-state index contributed by atoms with van der Waals surface area (Å²) >= 11 is 1.66. The minimum Gasteiger partial charge on any atom is -0.389 e. The Bertz CT molecular complexity index is 593. The normalized spacial score (nSPS) is 13.4. The largest absolute Gasteiger partial charge is 0.389 e. The van der Waals surface area contributed by atoms with Crippen molar-refractivity contribution in [2.75, 3.05) is 13.2 Å². The number of thiophene rings is 1. The van der Waals surface area contributed by atoms with Gasteiger partial charge < -0.3 is 9.84 Å². The second kappa shape index (κ2) is 8.72. The molecule has 1 N–H and O–H groups in total. The van der Waals surface area contributed by atoms with Crippen LogP contribution in [0.25, 0.3) is 0 Å². The highest BCUT2D eigenvalue weighted by molar-refractivity contribution is 7.07. The Morgan fingerprint density at radius 1 is 1.12 bits per heavy atom. The Kier molecular flexibility index (Phi) is 6.92. The van der Waals surface area contributed by atoms with Crippen LogP contribution in [0.15, 0.2) is 41.1 Å². The summed E-state index contributed by atoms with van der Waals surface area (Å²) in [5.74, 6) is -0.234. The van der Waals surface area contributed by atoms with E-state index < -0.39 is 6.10 Å². The number of hydrogen-bond donors (Lipinski definition) is 1. The van der Waals surface area contributed by atoms with Crippen molar-refractivity contribution in [3.05, 3.63) is 58.0 Å². The molecule has 2 rings (SSSR count). The lowest BCUT2D eigenvalue weighted by molar-refractivity contribution is -0.0572. The predicted molar refractivity (Wildman–Crippen MR) is 96.5 cm³/mol. The number of hydrogen-bond acceptors (Lipinski definition) is 4. The first-order valence-electron chi connectivity index (χ1n) is 8.12. The van der Waals surface area contributed by atoms with Crippen molar-refractivity contribution in [2.24, 2.45) is 0 Å². The summed E-state index contributed by atoms with van der Waals surface area (Å²) in [6.45, 7) is 8.12. The molecule has 0 saturated carbocycles. The standard InChI is InChI=1S/C19H26FNO2S/c1-19(2,3)23-13-18(22)12-21(11-16-8-9-24-14-16)10-15-4-6-17(20)7-5-15/h4-9,14,18,22H,10-13H2,1-3H3/t18-/m1/s1. The van der Waals surface area contributed by atoms with E-state index in [0.29, 0.717) is 19.7 Å². The molecule has 0 bridgehead atoms. The minimum atomic E-state index is -0.566. The van der Waals surface area contributed by atoms with Crippen molar-refractivity contribution in [1.29, 1.82) is 0 Å². The van der Waals surface area contributed by atoms with Gasteiger partial charge in [0.2, 0.25) is 0 Å². The molecule has 1 atom stereocenters. The van der Waals surface area contributed by atoms with Gasteiger partial charge >= 0.3 is 0 Å². The fraction of sp³-hybridized carbons (Fsp3) is 0.474. The Hall–Kier alpha value is -1.27. The van der Waals surface area contributed by atoms with Crippen LogP contribution < -0.4 is 0 Å². The van der Waals surface area contributed by atoms with Crippen LogP contribution in [0.5, 0.6) is 0 Å². The van der Waals surface area contributed by atoms with Gasteiger partial charge in [0.25, 0.3) is 0 Å². The second-order valence-corrected chi connectivity index (χ2v) is 7.78. The first-order valence-corrected chi connectivity index (χ1v) is 9.06. The van der Waals surface area contributed by atoms with Gasteiger partial charge in [-0.25, -0.2) is 4.39 Å². The molecule has 1 aromatic heterocycles. The summed E-state index contributed by atoms with van der Waals surface area (Å²) in [7, 11) is 0. The third kappa shape index (κ3) is 7.09. The van der Waals surface area contributed by atoms with Crippen LogP contribution in [0.1, 0.15) is 31.9 Å². The molecule has 2 aromatic rings. The van der Waals surface area contributed by atoms with Gasteiger partial charge in [0, 0.05) is 19.6 Å².